The van der Waals surface area contributed by atoms with Gasteiger partial charge in [0.15, 0.2) is 6.61 Å². The van der Waals surface area contributed by atoms with Gasteiger partial charge in [0.2, 0.25) is 0 Å². The van der Waals surface area contributed by atoms with Crippen LogP contribution in [0.2, 0.25) is 0 Å². The first kappa shape index (κ1) is 19.6. The molecule has 1 heterocycles. The minimum absolute atomic E-state index is 0.164. The number of carbonyl (C=O) groups is 1. The summed E-state index contributed by atoms with van der Waals surface area (Å²) in [5.41, 5.74) is 4.35. The normalized spacial score (nSPS) is 10.7. The fraction of sp³-hybridized carbons (Fsp3) is 0.143. The largest absolute Gasteiger partial charge is 0.482 e. The Hall–Kier alpha value is -4.12. The van der Waals surface area contributed by atoms with Gasteiger partial charge in [-0.15, -0.1) is 0 Å². The van der Waals surface area contributed by atoms with Crippen LogP contribution in [-0.4, -0.2) is 28.1 Å². The number of para-hydroxylation sites is 2. The number of ether oxygens (including phenoxy) is 1. The zero-order valence-electron chi connectivity index (χ0n) is 16.0. The standard InChI is InChI=1S/C21H19N5O3/c1-15-18(25(2)26(21(15)28)17-9-4-3-5-10-17)13-23-24-20(27)14-29-19-11-7-6-8-16(19)12-22/h3-11,13H,14H2,1-2H3,(H,24,27)/b23-13-. The molecule has 8 heteroatoms. The third kappa shape index (κ3) is 4.25. The summed E-state index contributed by atoms with van der Waals surface area (Å²) in [5.74, 6) is -0.161. The van der Waals surface area contributed by atoms with Crippen LogP contribution in [0.25, 0.3) is 5.69 Å². The summed E-state index contributed by atoms with van der Waals surface area (Å²) in [6.45, 7) is 1.41. The fourth-order valence-corrected chi connectivity index (χ4v) is 2.82. The van der Waals surface area contributed by atoms with Crippen molar-refractivity contribution in [3.8, 4) is 17.5 Å². The molecule has 0 fully saturated rings. The third-order valence-corrected chi connectivity index (χ3v) is 4.29. The second-order valence-corrected chi connectivity index (χ2v) is 6.18. The van der Waals surface area contributed by atoms with Crippen LogP contribution in [-0.2, 0) is 11.8 Å². The molecule has 8 nitrogen and oxygen atoms in total. The van der Waals surface area contributed by atoms with Crippen LogP contribution in [0.1, 0.15) is 16.8 Å². The number of nitrogens with zero attached hydrogens (tertiary/aromatic N) is 4. The Bertz CT molecular complexity index is 1150. The van der Waals surface area contributed by atoms with Crippen LogP contribution in [0.5, 0.6) is 5.75 Å². The van der Waals surface area contributed by atoms with Crippen molar-refractivity contribution in [3.05, 3.63) is 81.8 Å². The highest BCUT2D eigenvalue weighted by molar-refractivity contribution is 5.82. The zero-order chi connectivity index (χ0) is 20.8. The van der Waals surface area contributed by atoms with E-state index in [0.717, 1.165) is 5.69 Å². The van der Waals surface area contributed by atoms with Gasteiger partial charge < -0.3 is 4.74 Å². The van der Waals surface area contributed by atoms with E-state index in [1.807, 2.05) is 36.4 Å². The molecule has 0 aliphatic carbocycles. The predicted molar refractivity (Wildman–Crippen MR) is 108 cm³/mol. The van der Waals surface area contributed by atoms with E-state index in [-0.39, 0.29) is 12.2 Å². The van der Waals surface area contributed by atoms with Crippen LogP contribution in [0.3, 0.4) is 0 Å². The van der Waals surface area contributed by atoms with E-state index < -0.39 is 5.91 Å². The highest BCUT2D eigenvalue weighted by Gasteiger charge is 2.14. The quantitative estimate of drug-likeness (QED) is 0.514. The van der Waals surface area contributed by atoms with Crippen molar-refractivity contribution < 1.29 is 9.53 Å². The smallest absolute Gasteiger partial charge is 0.277 e. The molecule has 0 aliphatic rings. The van der Waals surface area contributed by atoms with Crippen molar-refractivity contribution in [3.63, 3.8) is 0 Å². The van der Waals surface area contributed by atoms with Gasteiger partial charge in [-0.3, -0.25) is 14.3 Å². The van der Waals surface area contributed by atoms with Gasteiger partial charge in [0, 0.05) is 12.6 Å². The van der Waals surface area contributed by atoms with Crippen LogP contribution < -0.4 is 15.7 Å². The maximum Gasteiger partial charge on any atom is 0.277 e. The van der Waals surface area contributed by atoms with Gasteiger partial charge in [0.25, 0.3) is 11.5 Å². The number of hydrogen-bond acceptors (Lipinski definition) is 5. The van der Waals surface area contributed by atoms with Gasteiger partial charge in [-0.1, -0.05) is 30.3 Å². The van der Waals surface area contributed by atoms with Gasteiger partial charge in [-0.25, -0.2) is 10.1 Å². The Kier molecular flexibility index (Phi) is 5.90. The molecule has 1 N–H and O–H groups in total. The SMILES string of the molecule is Cc1c(/C=N\NC(=O)COc2ccccc2C#N)n(C)n(-c2ccccc2)c1=O. The van der Waals surface area contributed by atoms with Crippen molar-refractivity contribution in [1.29, 1.82) is 5.26 Å². The third-order valence-electron chi connectivity index (χ3n) is 4.29. The maximum absolute atomic E-state index is 12.6. The summed E-state index contributed by atoms with van der Waals surface area (Å²) in [6.07, 6.45) is 1.41. The minimum atomic E-state index is -0.487. The molecule has 0 unspecified atom stereocenters. The second kappa shape index (κ2) is 8.71. The molecular formula is C21H19N5O3. The first-order chi connectivity index (χ1) is 14.0. The van der Waals surface area contributed by atoms with Crippen LogP contribution in [0.15, 0.2) is 64.5 Å². The van der Waals surface area contributed by atoms with Crippen molar-refractivity contribution in [1.82, 2.24) is 14.8 Å². The Morgan fingerprint density at radius 2 is 1.90 bits per heavy atom. The molecule has 0 spiro atoms. The second-order valence-electron chi connectivity index (χ2n) is 6.18. The highest BCUT2D eigenvalue weighted by Crippen LogP contribution is 2.16. The number of hydrogen-bond donors (Lipinski definition) is 1. The van der Waals surface area contributed by atoms with Crippen LogP contribution in [0, 0.1) is 18.3 Å². The number of hydrazone groups is 1. The lowest BCUT2D eigenvalue weighted by molar-refractivity contribution is -0.123. The minimum Gasteiger partial charge on any atom is -0.482 e. The Morgan fingerprint density at radius 3 is 2.62 bits per heavy atom. The van der Waals surface area contributed by atoms with Crippen molar-refractivity contribution in [2.24, 2.45) is 12.1 Å². The van der Waals surface area contributed by atoms with Crippen LogP contribution >= 0.6 is 0 Å². The lowest BCUT2D eigenvalue weighted by Gasteiger charge is -2.08. The summed E-state index contributed by atoms with van der Waals surface area (Å²) in [4.78, 5) is 24.5. The molecule has 0 aliphatic heterocycles. The van der Waals surface area contributed by atoms with E-state index in [0.29, 0.717) is 22.6 Å². The van der Waals surface area contributed by atoms with E-state index in [4.69, 9.17) is 10.00 Å². The van der Waals surface area contributed by atoms with Crippen molar-refractivity contribution in [2.45, 2.75) is 6.92 Å². The molecule has 29 heavy (non-hydrogen) atoms. The number of carbonyl (C=O) groups excluding carboxylic acids is 1. The van der Waals surface area contributed by atoms with E-state index in [1.54, 1.807) is 42.9 Å². The molecule has 0 atom stereocenters. The molecule has 3 aromatic rings. The fourth-order valence-electron chi connectivity index (χ4n) is 2.82. The van der Waals surface area contributed by atoms with Crippen LogP contribution in [0.4, 0.5) is 0 Å². The summed E-state index contributed by atoms with van der Waals surface area (Å²) in [6, 6.07) is 17.9. The zero-order valence-corrected chi connectivity index (χ0v) is 16.0. The molecule has 1 amide bonds. The number of benzene rings is 2. The Labute approximate surface area is 167 Å². The molecule has 0 radical (unpaired) electrons. The number of amides is 1. The van der Waals surface area contributed by atoms with Gasteiger partial charge >= 0.3 is 0 Å². The average Bonchev–Trinajstić information content (AvgIpc) is 2.96. The Balaban J connectivity index is 1.69. The number of rotatable bonds is 6. The predicted octanol–water partition coefficient (Wildman–Crippen LogP) is 1.89. The number of aromatic nitrogens is 2. The van der Waals surface area contributed by atoms with Gasteiger partial charge in [0.1, 0.15) is 11.8 Å². The van der Waals surface area contributed by atoms with Gasteiger partial charge in [0.05, 0.1) is 23.2 Å². The van der Waals surface area contributed by atoms with E-state index in [9.17, 15) is 9.59 Å². The summed E-state index contributed by atoms with van der Waals surface area (Å²) >= 11 is 0. The molecule has 146 valence electrons. The van der Waals surface area contributed by atoms with Crippen molar-refractivity contribution >= 4 is 12.1 Å². The van der Waals surface area contributed by atoms with Gasteiger partial charge in [-0.2, -0.15) is 10.4 Å². The van der Waals surface area contributed by atoms with E-state index >= 15 is 0 Å². The monoisotopic (exact) mass is 389 g/mol. The molecule has 0 saturated heterocycles. The number of nitriles is 1. The average molecular weight is 389 g/mol. The summed E-state index contributed by atoms with van der Waals surface area (Å²) in [7, 11) is 1.74. The summed E-state index contributed by atoms with van der Waals surface area (Å²) in [5, 5.41) is 12.9. The topological polar surface area (TPSA) is 101 Å². The lowest BCUT2D eigenvalue weighted by atomic mass is 10.2. The molecular weight excluding hydrogens is 370 g/mol. The molecule has 3 rings (SSSR count). The van der Waals surface area contributed by atoms with E-state index in [1.165, 1.54) is 10.9 Å². The molecule has 1 aromatic heterocycles. The molecule has 0 saturated carbocycles. The number of nitrogens with one attached hydrogen (secondary N) is 1. The summed E-state index contributed by atoms with van der Waals surface area (Å²) < 4.78 is 8.55. The highest BCUT2D eigenvalue weighted by atomic mass is 16.5. The molecule has 0 bridgehead atoms. The molecule has 2 aromatic carbocycles. The van der Waals surface area contributed by atoms with Gasteiger partial charge in [-0.05, 0) is 31.2 Å². The Morgan fingerprint density at radius 1 is 1.21 bits per heavy atom. The first-order valence-electron chi connectivity index (χ1n) is 8.80. The lowest BCUT2D eigenvalue weighted by Crippen LogP contribution is -2.25. The first-order valence-corrected chi connectivity index (χ1v) is 8.80. The maximum atomic E-state index is 12.6. The van der Waals surface area contributed by atoms with Crippen molar-refractivity contribution in [2.75, 3.05) is 6.61 Å². The van der Waals surface area contributed by atoms with E-state index in [2.05, 4.69) is 10.5 Å².